The highest BCUT2D eigenvalue weighted by Gasteiger charge is 2.34. The van der Waals surface area contributed by atoms with Crippen molar-refractivity contribution in [3.05, 3.63) is 46.5 Å². The van der Waals surface area contributed by atoms with Gasteiger partial charge >= 0.3 is 0 Å². The van der Waals surface area contributed by atoms with Crippen LogP contribution in [-0.4, -0.2) is 26.5 Å². The zero-order valence-corrected chi connectivity index (χ0v) is 20.3. The van der Waals surface area contributed by atoms with Crippen LogP contribution >= 0.6 is 11.6 Å². The maximum atomic E-state index is 12.9. The predicted octanol–water partition coefficient (Wildman–Crippen LogP) is 4.60. The fourth-order valence-electron chi connectivity index (χ4n) is 4.91. The monoisotopic (exact) mass is 470 g/mol. The van der Waals surface area contributed by atoms with E-state index in [4.69, 9.17) is 11.6 Å². The molecule has 0 radical (unpaired) electrons. The molecule has 4 rings (SSSR count). The van der Waals surface area contributed by atoms with E-state index in [1.807, 2.05) is 12.1 Å². The van der Waals surface area contributed by atoms with Crippen LogP contribution in [0.15, 0.2) is 30.1 Å². The van der Waals surface area contributed by atoms with Crippen LogP contribution in [0.1, 0.15) is 64.4 Å². The summed E-state index contributed by atoms with van der Waals surface area (Å²) in [5, 5.41) is 16.6. The summed E-state index contributed by atoms with van der Waals surface area (Å²) in [4.78, 5) is 28.6. The summed E-state index contributed by atoms with van der Waals surface area (Å²) in [6.45, 7) is 8.49. The molecule has 0 aromatic carbocycles. The van der Waals surface area contributed by atoms with E-state index < -0.39 is 6.10 Å². The molecule has 1 aliphatic carbocycles. The van der Waals surface area contributed by atoms with Crippen LogP contribution < -0.4 is 10.6 Å². The predicted molar refractivity (Wildman–Crippen MR) is 129 cm³/mol. The summed E-state index contributed by atoms with van der Waals surface area (Å²) < 4.78 is 2.19. The molecule has 8 heteroatoms. The Bertz CT molecular complexity index is 1130. The van der Waals surface area contributed by atoms with Crippen molar-refractivity contribution in [2.24, 2.45) is 11.3 Å². The number of carbonyl (C=O) groups is 2. The first kappa shape index (κ1) is 23.5. The number of anilines is 1. The van der Waals surface area contributed by atoms with E-state index in [9.17, 15) is 14.7 Å². The van der Waals surface area contributed by atoms with E-state index in [0.29, 0.717) is 17.3 Å². The number of rotatable bonds is 5. The van der Waals surface area contributed by atoms with Gasteiger partial charge in [0.25, 0.3) is 0 Å². The Morgan fingerprint density at radius 2 is 2.03 bits per heavy atom. The maximum Gasteiger partial charge on any atom is 0.229 e. The molecule has 0 saturated heterocycles. The normalized spacial score (nSPS) is 20.1. The lowest BCUT2D eigenvalue weighted by Gasteiger charge is -2.22. The first-order valence-corrected chi connectivity index (χ1v) is 11.8. The van der Waals surface area contributed by atoms with Gasteiger partial charge in [0.15, 0.2) is 0 Å². The van der Waals surface area contributed by atoms with Crippen molar-refractivity contribution in [3.63, 3.8) is 0 Å². The second kappa shape index (κ2) is 8.95. The van der Waals surface area contributed by atoms with Crippen LogP contribution in [0.2, 0.25) is 5.02 Å². The average molecular weight is 471 g/mol. The van der Waals surface area contributed by atoms with Crippen LogP contribution in [0.3, 0.4) is 0 Å². The average Bonchev–Trinajstić information content (AvgIpc) is 3.22. The van der Waals surface area contributed by atoms with E-state index in [1.165, 1.54) is 6.92 Å². The third-order valence-corrected chi connectivity index (χ3v) is 6.68. The van der Waals surface area contributed by atoms with Gasteiger partial charge in [-0.1, -0.05) is 31.5 Å². The number of hydrogen-bond acceptors (Lipinski definition) is 4. The highest BCUT2D eigenvalue weighted by Crippen LogP contribution is 2.43. The molecule has 2 atom stereocenters. The lowest BCUT2D eigenvalue weighted by molar-refractivity contribution is -0.121. The van der Waals surface area contributed by atoms with Gasteiger partial charge < -0.3 is 20.3 Å². The number of pyridine rings is 1. The Hall–Kier alpha value is -2.64. The summed E-state index contributed by atoms with van der Waals surface area (Å²) in [7, 11) is 0. The van der Waals surface area contributed by atoms with Crippen LogP contribution in [0.25, 0.3) is 11.1 Å². The van der Waals surface area contributed by atoms with Crippen LogP contribution in [0, 0.1) is 11.3 Å². The highest BCUT2D eigenvalue weighted by molar-refractivity contribution is 6.33. The van der Waals surface area contributed by atoms with E-state index in [0.717, 1.165) is 54.0 Å². The number of aliphatic hydroxyl groups excluding tert-OH is 1. The lowest BCUT2D eigenvalue weighted by atomic mass is 9.89. The van der Waals surface area contributed by atoms with Crippen molar-refractivity contribution >= 4 is 29.2 Å². The fourth-order valence-corrected chi connectivity index (χ4v) is 5.11. The molecule has 2 aromatic rings. The molecule has 2 amide bonds. The van der Waals surface area contributed by atoms with Crippen LogP contribution in [-0.2, 0) is 22.6 Å². The zero-order chi connectivity index (χ0) is 23.9. The second-order valence-corrected chi connectivity index (χ2v) is 10.4. The number of nitrogens with one attached hydrogen (secondary N) is 2. The number of amides is 2. The summed E-state index contributed by atoms with van der Waals surface area (Å²) in [5.74, 6) is -0.0595. The number of aromatic nitrogens is 2. The first-order valence-electron chi connectivity index (χ1n) is 11.4. The van der Waals surface area contributed by atoms with Gasteiger partial charge in [0.2, 0.25) is 11.8 Å². The number of allylic oxidation sites excluding steroid dienone is 2. The Morgan fingerprint density at radius 1 is 1.27 bits per heavy atom. The Labute approximate surface area is 199 Å². The third kappa shape index (κ3) is 4.99. The molecule has 176 valence electrons. The molecule has 3 N–H and O–H groups in total. The molecule has 7 nitrogen and oxygen atoms in total. The summed E-state index contributed by atoms with van der Waals surface area (Å²) in [6, 6.07) is 3.80. The second-order valence-electron chi connectivity index (χ2n) is 9.96. The zero-order valence-electron chi connectivity index (χ0n) is 19.5. The fraction of sp³-hybridized carbons (Fsp3) is 0.480. The van der Waals surface area contributed by atoms with Crippen LogP contribution in [0.5, 0.6) is 0 Å². The van der Waals surface area contributed by atoms with Gasteiger partial charge in [-0.25, -0.2) is 4.98 Å². The SMILES string of the molecule is CC(=O)NC1=CCC[C@H](C(=O)Nc2cc(-c3cc([C@H](C)O)n4c3CC(C)(C)C4)c(Cl)cn2)C1. The van der Waals surface area contributed by atoms with Gasteiger partial charge in [0, 0.05) is 53.8 Å². The molecule has 3 heterocycles. The molecular formula is C25H31ClN4O3. The minimum absolute atomic E-state index is 0.0889. The number of hydrogen-bond donors (Lipinski definition) is 3. The molecule has 0 spiro atoms. The summed E-state index contributed by atoms with van der Waals surface area (Å²) in [6.07, 6.45) is 5.75. The van der Waals surface area contributed by atoms with Gasteiger partial charge in [-0.2, -0.15) is 0 Å². The minimum Gasteiger partial charge on any atom is -0.387 e. The smallest absolute Gasteiger partial charge is 0.229 e. The summed E-state index contributed by atoms with van der Waals surface area (Å²) in [5.41, 5.74) is 4.63. The van der Waals surface area contributed by atoms with Crippen molar-refractivity contribution in [2.75, 3.05) is 5.32 Å². The molecule has 1 aliphatic heterocycles. The quantitative estimate of drug-likeness (QED) is 0.595. The van der Waals surface area contributed by atoms with E-state index in [1.54, 1.807) is 19.2 Å². The number of fused-ring (bicyclic) bond motifs is 1. The molecule has 2 aliphatic rings. The van der Waals surface area contributed by atoms with Crippen molar-refractivity contribution in [1.29, 1.82) is 0 Å². The number of carbonyl (C=O) groups excluding carboxylic acids is 2. The molecule has 0 fully saturated rings. The van der Waals surface area contributed by atoms with E-state index >= 15 is 0 Å². The number of halogens is 1. The topological polar surface area (TPSA) is 96.3 Å². The Morgan fingerprint density at radius 3 is 2.73 bits per heavy atom. The maximum absolute atomic E-state index is 12.9. The van der Waals surface area contributed by atoms with Crippen molar-refractivity contribution in [1.82, 2.24) is 14.9 Å². The van der Waals surface area contributed by atoms with Crippen molar-refractivity contribution in [2.45, 2.75) is 66.0 Å². The van der Waals surface area contributed by atoms with Gasteiger partial charge in [-0.3, -0.25) is 9.59 Å². The van der Waals surface area contributed by atoms with Crippen molar-refractivity contribution < 1.29 is 14.7 Å². The standard InChI is InChI=1S/C25H31ClN4O3/c1-14(31)21-9-19(22-11-25(3,4)13-30(21)22)18-10-23(27-12-20(18)26)29-24(33)16-6-5-7-17(8-16)28-15(2)32/h7,9-10,12,14,16,31H,5-6,8,11,13H2,1-4H3,(H,28,32)(H,27,29,33)/t14-,16-/m0/s1. The van der Waals surface area contributed by atoms with E-state index in [2.05, 4.69) is 34.0 Å². The van der Waals surface area contributed by atoms with Gasteiger partial charge in [-0.15, -0.1) is 0 Å². The summed E-state index contributed by atoms with van der Waals surface area (Å²) >= 11 is 6.55. The minimum atomic E-state index is -0.594. The van der Waals surface area contributed by atoms with Crippen molar-refractivity contribution in [3.8, 4) is 11.1 Å². The molecule has 33 heavy (non-hydrogen) atoms. The Kier molecular flexibility index (Phi) is 6.38. The van der Waals surface area contributed by atoms with Gasteiger partial charge in [0.05, 0.1) is 11.1 Å². The Balaban J connectivity index is 1.59. The van der Waals surface area contributed by atoms with Gasteiger partial charge in [0.1, 0.15) is 5.82 Å². The molecule has 0 unspecified atom stereocenters. The number of aliphatic hydroxyl groups is 1. The largest absolute Gasteiger partial charge is 0.387 e. The molecule has 2 aromatic heterocycles. The van der Waals surface area contributed by atoms with Gasteiger partial charge in [-0.05, 0) is 50.2 Å². The molecule has 0 bridgehead atoms. The third-order valence-electron chi connectivity index (χ3n) is 6.38. The highest BCUT2D eigenvalue weighted by atomic mass is 35.5. The molecule has 0 saturated carbocycles. The first-order chi connectivity index (χ1) is 15.5. The van der Waals surface area contributed by atoms with E-state index in [-0.39, 0.29) is 23.1 Å². The lowest BCUT2D eigenvalue weighted by Crippen LogP contribution is -2.29. The molecular weight excluding hydrogens is 440 g/mol. The number of nitrogens with zero attached hydrogens (tertiary/aromatic N) is 2. The van der Waals surface area contributed by atoms with Crippen LogP contribution in [0.4, 0.5) is 5.82 Å².